The molecule has 2 unspecified atom stereocenters. The predicted octanol–water partition coefficient (Wildman–Crippen LogP) is 2.53. The van der Waals surface area contributed by atoms with E-state index >= 15 is 0 Å². The summed E-state index contributed by atoms with van der Waals surface area (Å²) in [6, 6.07) is 5.62. The monoisotopic (exact) mass is 342 g/mol. The Kier molecular flexibility index (Phi) is 5.45. The number of nitrogens with zero attached hydrogens (tertiary/aromatic N) is 2. The van der Waals surface area contributed by atoms with Gasteiger partial charge < -0.3 is 5.11 Å². The van der Waals surface area contributed by atoms with E-state index < -0.39 is 22.2 Å². The van der Waals surface area contributed by atoms with Crippen molar-refractivity contribution < 1.29 is 13.5 Å². The van der Waals surface area contributed by atoms with Gasteiger partial charge in [0.1, 0.15) is 11.0 Å². The molecule has 1 saturated heterocycles. The van der Waals surface area contributed by atoms with Gasteiger partial charge in [-0.1, -0.05) is 24.9 Å². The van der Waals surface area contributed by atoms with Gasteiger partial charge in [-0.05, 0) is 37.5 Å². The van der Waals surface area contributed by atoms with Crippen LogP contribution in [-0.2, 0) is 10.0 Å². The van der Waals surface area contributed by atoms with Gasteiger partial charge in [-0.2, -0.15) is 9.57 Å². The number of aliphatic hydroxyl groups excluding tert-OH is 1. The number of piperidine rings is 1. The summed E-state index contributed by atoms with van der Waals surface area (Å²) in [5, 5.41) is 19.6. The van der Waals surface area contributed by atoms with Crippen molar-refractivity contribution in [3.05, 3.63) is 28.8 Å². The average Bonchev–Trinajstić information content (AvgIpc) is 2.53. The summed E-state index contributed by atoms with van der Waals surface area (Å²) in [4.78, 5) is -0.0467. The second-order valence-corrected chi connectivity index (χ2v) is 7.70. The maximum Gasteiger partial charge on any atom is 0.244 e. The van der Waals surface area contributed by atoms with Gasteiger partial charge in [-0.25, -0.2) is 8.42 Å². The van der Waals surface area contributed by atoms with Gasteiger partial charge in [-0.15, -0.1) is 0 Å². The van der Waals surface area contributed by atoms with E-state index in [0.29, 0.717) is 24.4 Å². The molecule has 0 amide bonds. The summed E-state index contributed by atoms with van der Waals surface area (Å²) in [6.07, 6.45) is 2.06. The van der Waals surface area contributed by atoms with Crippen molar-refractivity contribution in [3.8, 4) is 6.07 Å². The van der Waals surface area contributed by atoms with E-state index in [2.05, 4.69) is 0 Å². The second-order valence-electron chi connectivity index (χ2n) is 5.41. The highest BCUT2D eigenvalue weighted by molar-refractivity contribution is 7.89. The van der Waals surface area contributed by atoms with Crippen LogP contribution in [0.3, 0.4) is 0 Å². The maximum absolute atomic E-state index is 12.9. The summed E-state index contributed by atoms with van der Waals surface area (Å²) >= 11 is 5.83. The Labute approximate surface area is 136 Å². The van der Waals surface area contributed by atoms with Crippen LogP contribution in [0.4, 0.5) is 0 Å². The molecule has 2 atom stereocenters. The van der Waals surface area contributed by atoms with E-state index in [1.54, 1.807) is 0 Å². The van der Waals surface area contributed by atoms with Crippen molar-refractivity contribution in [2.45, 2.75) is 49.6 Å². The fourth-order valence-corrected chi connectivity index (χ4v) is 4.85. The summed E-state index contributed by atoms with van der Waals surface area (Å²) < 4.78 is 27.2. The number of sulfonamides is 1. The Hall–Kier alpha value is -1.13. The first kappa shape index (κ1) is 17.2. The third kappa shape index (κ3) is 3.28. The van der Waals surface area contributed by atoms with Gasteiger partial charge in [0.15, 0.2) is 0 Å². The SMILES string of the molecule is CCC(O)C1CCCCN1S(=O)(=O)c1ccc(Cl)cc1C#N. The molecule has 0 radical (unpaired) electrons. The number of hydrogen-bond acceptors (Lipinski definition) is 4. The van der Waals surface area contributed by atoms with Crippen LogP contribution >= 0.6 is 11.6 Å². The van der Waals surface area contributed by atoms with E-state index in [4.69, 9.17) is 11.6 Å². The topological polar surface area (TPSA) is 81.4 Å². The van der Waals surface area contributed by atoms with Crippen LogP contribution in [0.25, 0.3) is 0 Å². The fourth-order valence-electron chi connectivity index (χ4n) is 2.83. The molecule has 22 heavy (non-hydrogen) atoms. The Bertz CT molecular complexity index is 685. The molecule has 5 nitrogen and oxygen atoms in total. The van der Waals surface area contributed by atoms with Crippen molar-refractivity contribution in [2.75, 3.05) is 6.54 Å². The van der Waals surface area contributed by atoms with Crippen molar-refractivity contribution >= 4 is 21.6 Å². The van der Waals surface area contributed by atoms with Crippen LogP contribution in [0.5, 0.6) is 0 Å². The molecule has 7 heteroatoms. The predicted molar refractivity (Wildman–Crippen MR) is 84.0 cm³/mol. The number of nitriles is 1. The first-order valence-electron chi connectivity index (χ1n) is 7.31. The highest BCUT2D eigenvalue weighted by atomic mass is 35.5. The quantitative estimate of drug-likeness (QED) is 0.911. The molecule has 1 fully saturated rings. The van der Waals surface area contributed by atoms with Crippen molar-refractivity contribution in [3.63, 3.8) is 0 Å². The Morgan fingerprint density at radius 1 is 1.50 bits per heavy atom. The van der Waals surface area contributed by atoms with Crippen LogP contribution in [0.1, 0.15) is 38.2 Å². The standard InChI is InChI=1S/C15H19ClN2O3S/c1-2-14(19)13-5-3-4-8-18(13)22(20,21)15-7-6-12(16)9-11(15)10-17/h6-7,9,13-14,19H,2-5,8H2,1H3. The van der Waals surface area contributed by atoms with Crippen LogP contribution in [0, 0.1) is 11.3 Å². The highest BCUT2D eigenvalue weighted by Crippen LogP contribution is 2.30. The summed E-state index contributed by atoms with van der Waals surface area (Å²) in [5.41, 5.74) is 0.0304. The van der Waals surface area contributed by atoms with Gasteiger partial charge in [0.05, 0.1) is 17.7 Å². The molecule has 1 aromatic carbocycles. The van der Waals surface area contributed by atoms with E-state index in [-0.39, 0.29) is 10.5 Å². The lowest BCUT2D eigenvalue weighted by Gasteiger charge is -2.37. The summed E-state index contributed by atoms with van der Waals surface area (Å²) in [7, 11) is -3.83. The van der Waals surface area contributed by atoms with Crippen LogP contribution in [0.15, 0.2) is 23.1 Å². The molecule has 1 N–H and O–H groups in total. The van der Waals surface area contributed by atoms with Crippen molar-refractivity contribution in [2.24, 2.45) is 0 Å². The molecule has 2 rings (SSSR count). The number of hydrogen-bond donors (Lipinski definition) is 1. The van der Waals surface area contributed by atoms with Gasteiger partial charge in [0.2, 0.25) is 10.0 Å². The third-order valence-electron chi connectivity index (χ3n) is 4.01. The molecular weight excluding hydrogens is 324 g/mol. The minimum absolute atomic E-state index is 0.0304. The molecule has 0 bridgehead atoms. The largest absolute Gasteiger partial charge is 0.391 e. The maximum atomic E-state index is 12.9. The zero-order valence-electron chi connectivity index (χ0n) is 12.4. The molecule has 1 aliphatic heterocycles. The van der Waals surface area contributed by atoms with Crippen LogP contribution in [-0.4, -0.2) is 36.5 Å². The Morgan fingerprint density at radius 3 is 2.86 bits per heavy atom. The Morgan fingerprint density at radius 2 is 2.23 bits per heavy atom. The lowest BCUT2D eigenvalue weighted by molar-refractivity contribution is 0.0667. The molecular formula is C15H19ClN2O3S. The van der Waals surface area contributed by atoms with Crippen molar-refractivity contribution in [1.82, 2.24) is 4.31 Å². The minimum atomic E-state index is -3.83. The lowest BCUT2D eigenvalue weighted by Crippen LogP contribution is -2.49. The van der Waals surface area contributed by atoms with Gasteiger partial charge >= 0.3 is 0 Å². The zero-order valence-corrected chi connectivity index (χ0v) is 13.9. The van der Waals surface area contributed by atoms with Crippen LogP contribution < -0.4 is 0 Å². The first-order chi connectivity index (χ1) is 10.4. The average molecular weight is 343 g/mol. The fraction of sp³-hybridized carbons (Fsp3) is 0.533. The number of rotatable bonds is 4. The minimum Gasteiger partial charge on any atom is -0.391 e. The van der Waals surface area contributed by atoms with E-state index in [9.17, 15) is 18.8 Å². The summed E-state index contributed by atoms with van der Waals surface area (Å²) in [6.45, 7) is 2.19. The molecule has 0 spiro atoms. The number of benzene rings is 1. The van der Waals surface area contributed by atoms with Gasteiger partial charge in [0, 0.05) is 11.6 Å². The Balaban J connectivity index is 2.47. The first-order valence-corrected chi connectivity index (χ1v) is 9.13. The number of aliphatic hydroxyl groups is 1. The second kappa shape index (κ2) is 6.97. The molecule has 1 aliphatic rings. The number of halogens is 1. The normalized spacial score (nSPS) is 21.3. The van der Waals surface area contributed by atoms with Gasteiger partial charge in [0.25, 0.3) is 0 Å². The summed E-state index contributed by atoms with van der Waals surface area (Å²) in [5.74, 6) is 0. The van der Waals surface area contributed by atoms with E-state index in [1.807, 2.05) is 13.0 Å². The smallest absolute Gasteiger partial charge is 0.244 e. The molecule has 1 aromatic rings. The molecule has 0 aromatic heterocycles. The zero-order chi connectivity index (χ0) is 16.3. The van der Waals surface area contributed by atoms with Gasteiger partial charge in [-0.3, -0.25) is 0 Å². The van der Waals surface area contributed by atoms with E-state index in [1.165, 1.54) is 22.5 Å². The molecule has 120 valence electrons. The molecule has 0 saturated carbocycles. The van der Waals surface area contributed by atoms with Crippen LogP contribution in [0.2, 0.25) is 5.02 Å². The molecule has 0 aliphatic carbocycles. The molecule has 1 heterocycles. The highest BCUT2D eigenvalue weighted by Gasteiger charge is 2.37. The lowest BCUT2D eigenvalue weighted by atomic mass is 9.98. The van der Waals surface area contributed by atoms with E-state index in [0.717, 1.165) is 12.8 Å². The third-order valence-corrected chi connectivity index (χ3v) is 6.23. The van der Waals surface area contributed by atoms with Crippen molar-refractivity contribution in [1.29, 1.82) is 5.26 Å².